The Morgan fingerprint density at radius 2 is 1.92 bits per heavy atom. The molecule has 0 aliphatic rings. The lowest BCUT2D eigenvalue weighted by atomic mass is 9.78. The highest BCUT2D eigenvalue weighted by Crippen LogP contribution is 2.29. The number of aromatic nitrogens is 1. The summed E-state index contributed by atoms with van der Waals surface area (Å²) < 4.78 is 5.31. The van der Waals surface area contributed by atoms with Gasteiger partial charge in [0.05, 0.1) is 12.8 Å². The van der Waals surface area contributed by atoms with E-state index in [1.54, 1.807) is 18.7 Å². The molecule has 2 aromatic heterocycles. The number of nitrogens with zero attached hydrogens (tertiary/aromatic N) is 2. The summed E-state index contributed by atoms with van der Waals surface area (Å²) in [6.07, 6.45) is 5.97. The Balaban J connectivity index is 1.75. The van der Waals surface area contributed by atoms with Gasteiger partial charge in [0, 0.05) is 30.7 Å². The fraction of sp³-hybridized carbons (Fsp3) is 0.227. The largest absolute Gasteiger partial charge is 0.469 e. The van der Waals surface area contributed by atoms with Gasteiger partial charge in [-0.25, -0.2) is 4.85 Å². The Morgan fingerprint density at radius 1 is 1.15 bits per heavy atom. The number of carbonyl (C=O) groups is 1. The van der Waals surface area contributed by atoms with Gasteiger partial charge in [-0.2, -0.15) is 0 Å². The zero-order valence-electron chi connectivity index (χ0n) is 14.9. The number of hydrogen-bond donors (Lipinski definition) is 0. The van der Waals surface area contributed by atoms with Crippen LogP contribution in [0.3, 0.4) is 0 Å². The zero-order chi connectivity index (χ0) is 18.6. The lowest BCUT2D eigenvalue weighted by molar-refractivity contribution is -0.123. The van der Waals surface area contributed by atoms with Crippen LogP contribution in [0.15, 0.2) is 65.5 Å². The van der Waals surface area contributed by atoms with Crippen LogP contribution in [0.5, 0.6) is 0 Å². The van der Waals surface area contributed by atoms with Crippen LogP contribution in [0.2, 0.25) is 0 Å². The molecular formula is C22H20N2O2. The van der Waals surface area contributed by atoms with Gasteiger partial charge in [-0.15, -0.1) is 0 Å². The van der Waals surface area contributed by atoms with Crippen LogP contribution < -0.4 is 0 Å². The Labute approximate surface area is 153 Å². The van der Waals surface area contributed by atoms with E-state index in [1.807, 2.05) is 56.3 Å². The summed E-state index contributed by atoms with van der Waals surface area (Å²) in [5.74, 6) is 1.01. The van der Waals surface area contributed by atoms with Gasteiger partial charge < -0.3 is 4.42 Å². The maximum Gasteiger partial charge on any atom is 0.205 e. The second-order valence-corrected chi connectivity index (χ2v) is 6.75. The van der Waals surface area contributed by atoms with Crippen LogP contribution in [-0.4, -0.2) is 10.8 Å². The third-order valence-electron chi connectivity index (χ3n) is 4.67. The van der Waals surface area contributed by atoms with E-state index in [0.717, 1.165) is 22.5 Å². The van der Waals surface area contributed by atoms with Crippen LogP contribution >= 0.6 is 0 Å². The van der Waals surface area contributed by atoms with Crippen molar-refractivity contribution in [2.24, 2.45) is 0 Å². The minimum atomic E-state index is -0.568. The summed E-state index contributed by atoms with van der Waals surface area (Å²) in [6, 6.07) is 13.4. The molecule has 0 unspecified atom stereocenters. The van der Waals surface area contributed by atoms with Crippen LogP contribution in [-0.2, 0) is 16.6 Å². The van der Waals surface area contributed by atoms with Crippen molar-refractivity contribution in [1.29, 1.82) is 0 Å². The van der Waals surface area contributed by atoms with Gasteiger partial charge in [0.1, 0.15) is 11.5 Å². The molecule has 0 aliphatic carbocycles. The topological polar surface area (TPSA) is 47.5 Å². The molecule has 0 saturated heterocycles. The third kappa shape index (κ3) is 3.73. The lowest BCUT2D eigenvalue weighted by Gasteiger charge is -2.24. The second-order valence-electron chi connectivity index (χ2n) is 6.75. The van der Waals surface area contributed by atoms with Crippen molar-refractivity contribution in [3.63, 3.8) is 0 Å². The van der Waals surface area contributed by atoms with Crippen molar-refractivity contribution in [3.8, 4) is 11.1 Å². The summed E-state index contributed by atoms with van der Waals surface area (Å²) in [5.41, 5.74) is 2.79. The first-order valence-corrected chi connectivity index (χ1v) is 8.50. The third-order valence-corrected chi connectivity index (χ3v) is 4.67. The smallest absolute Gasteiger partial charge is 0.205 e. The van der Waals surface area contributed by atoms with Gasteiger partial charge in [0.2, 0.25) is 5.69 Å². The van der Waals surface area contributed by atoms with Gasteiger partial charge in [-0.05, 0) is 48.7 Å². The molecule has 4 heteroatoms. The Morgan fingerprint density at radius 3 is 2.58 bits per heavy atom. The van der Waals surface area contributed by atoms with Gasteiger partial charge in [0.15, 0.2) is 0 Å². The normalized spacial score (nSPS) is 11.1. The fourth-order valence-corrected chi connectivity index (χ4v) is 2.89. The van der Waals surface area contributed by atoms with Crippen molar-refractivity contribution in [2.75, 3.05) is 0 Å². The van der Waals surface area contributed by atoms with E-state index < -0.39 is 5.41 Å². The molecule has 0 spiro atoms. The molecule has 4 nitrogen and oxygen atoms in total. The zero-order valence-corrected chi connectivity index (χ0v) is 14.9. The van der Waals surface area contributed by atoms with E-state index in [4.69, 9.17) is 11.0 Å². The van der Waals surface area contributed by atoms with Crippen LogP contribution in [0.4, 0.5) is 5.69 Å². The summed E-state index contributed by atoms with van der Waals surface area (Å²) >= 11 is 0. The average Bonchev–Trinajstić information content (AvgIpc) is 3.19. The monoisotopic (exact) mass is 344 g/mol. The summed E-state index contributed by atoms with van der Waals surface area (Å²) in [4.78, 5) is 20.2. The van der Waals surface area contributed by atoms with Crippen molar-refractivity contribution >= 4 is 11.5 Å². The first-order valence-electron chi connectivity index (χ1n) is 8.50. The highest BCUT2D eigenvalue weighted by molar-refractivity contribution is 5.89. The molecule has 0 aliphatic heterocycles. The second kappa shape index (κ2) is 7.37. The molecule has 2 heterocycles. The first-order chi connectivity index (χ1) is 12.5. The number of furan rings is 1. The molecule has 3 rings (SSSR count). The number of ketones is 1. The molecule has 3 aromatic rings. The van der Waals surface area contributed by atoms with E-state index >= 15 is 0 Å². The number of pyridine rings is 1. The van der Waals surface area contributed by atoms with E-state index in [2.05, 4.69) is 9.83 Å². The van der Waals surface area contributed by atoms with Gasteiger partial charge in [-0.1, -0.05) is 24.3 Å². The van der Waals surface area contributed by atoms with E-state index in [1.165, 1.54) is 0 Å². The lowest BCUT2D eigenvalue weighted by Crippen LogP contribution is -2.29. The SMILES string of the molecule is [C-]#[N+]c1cncc(-c2ccc(C(C)(C)C(=O)CCc3ccco3)cc2)c1. The van der Waals surface area contributed by atoms with E-state index in [9.17, 15) is 4.79 Å². The summed E-state index contributed by atoms with van der Waals surface area (Å²) in [5, 5.41) is 0. The predicted molar refractivity (Wildman–Crippen MR) is 101 cm³/mol. The molecule has 0 saturated carbocycles. The first kappa shape index (κ1) is 17.6. The highest BCUT2D eigenvalue weighted by Gasteiger charge is 2.29. The molecular weight excluding hydrogens is 324 g/mol. The number of aryl methyl sites for hydroxylation is 1. The van der Waals surface area contributed by atoms with Crippen molar-refractivity contribution in [2.45, 2.75) is 32.1 Å². The minimum Gasteiger partial charge on any atom is -0.469 e. The Kier molecular flexibility index (Phi) is 4.99. The summed E-state index contributed by atoms with van der Waals surface area (Å²) in [6.45, 7) is 11.0. The summed E-state index contributed by atoms with van der Waals surface area (Å²) in [7, 11) is 0. The van der Waals surface area contributed by atoms with Gasteiger partial charge in [-0.3, -0.25) is 9.78 Å². The molecule has 26 heavy (non-hydrogen) atoms. The van der Waals surface area contributed by atoms with E-state index in [-0.39, 0.29) is 5.78 Å². The number of carbonyl (C=O) groups excluding carboxylic acids is 1. The van der Waals surface area contributed by atoms with Gasteiger partial charge >= 0.3 is 0 Å². The number of rotatable bonds is 6. The molecule has 0 N–H and O–H groups in total. The Bertz CT molecular complexity index is 933. The van der Waals surface area contributed by atoms with Crippen LogP contribution in [0.1, 0.15) is 31.6 Å². The maximum absolute atomic E-state index is 12.7. The molecule has 0 atom stereocenters. The average molecular weight is 344 g/mol. The number of benzene rings is 1. The van der Waals surface area contributed by atoms with Crippen molar-refractivity contribution < 1.29 is 9.21 Å². The highest BCUT2D eigenvalue weighted by atomic mass is 16.3. The van der Waals surface area contributed by atoms with Crippen molar-refractivity contribution in [3.05, 3.63) is 83.9 Å². The molecule has 0 amide bonds. The fourth-order valence-electron chi connectivity index (χ4n) is 2.89. The van der Waals surface area contributed by atoms with E-state index in [0.29, 0.717) is 18.5 Å². The standard InChI is InChI=1S/C22H20N2O2/c1-22(2,21(25)11-10-20-5-4-12-26-20)18-8-6-16(7-9-18)17-13-19(23-3)15-24-14-17/h4-9,12-15H,10-11H2,1-2H3. The molecule has 1 aromatic carbocycles. The molecule has 0 radical (unpaired) electrons. The minimum absolute atomic E-state index is 0.179. The number of hydrogen-bond acceptors (Lipinski definition) is 3. The van der Waals surface area contributed by atoms with Crippen LogP contribution in [0.25, 0.3) is 16.0 Å². The van der Waals surface area contributed by atoms with Crippen LogP contribution in [0, 0.1) is 6.57 Å². The van der Waals surface area contributed by atoms with Crippen molar-refractivity contribution in [1.82, 2.24) is 4.98 Å². The molecule has 0 bridgehead atoms. The number of Topliss-reactive ketones (excluding diaryl/α,β-unsaturated/α-hetero) is 1. The quantitative estimate of drug-likeness (QED) is 0.565. The van der Waals surface area contributed by atoms with Gasteiger partial charge in [0.25, 0.3) is 0 Å². The predicted octanol–water partition coefficient (Wildman–Crippen LogP) is 5.37. The molecule has 0 fully saturated rings. The molecule has 130 valence electrons. The Hall–Kier alpha value is -3.19. The maximum atomic E-state index is 12.7.